The van der Waals surface area contributed by atoms with Gasteiger partial charge < -0.3 is 11.1 Å². The van der Waals surface area contributed by atoms with E-state index < -0.39 is 11.7 Å². The van der Waals surface area contributed by atoms with Crippen LogP contribution in [-0.2, 0) is 0 Å². The minimum Gasteiger partial charge on any atom is -0.366 e. The van der Waals surface area contributed by atoms with Crippen LogP contribution in [0, 0.1) is 5.82 Å². The molecule has 5 rings (SSSR count). The largest absolute Gasteiger partial charge is 0.366 e. The third kappa shape index (κ3) is 3.21. The van der Waals surface area contributed by atoms with Gasteiger partial charge in [-0.2, -0.15) is 0 Å². The van der Waals surface area contributed by atoms with E-state index in [4.69, 9.17) is 5.73 Å². The Morgan fingerprint density at radius 2 is 1.97 bits per heavy atom. The summed E-state index contributed by atoms with van der Waals surface area (Å²) in [6.45, 7) is 2.16. The van der Waals surface area contributed by atoms with Gasteiger partial charge in [0, 0.05) is 28.8 Å². The van der Waals surface area contributed by atoms with Crippen molar-refractivity contribution < 1.29 is 9.18 Å². The minimum atomic E-state index is -0.655. The zero-order valence-corrected chi connectivity index (χ0v) is 16.0. The summed E-state index contributed by atoms with van der Waals surface area (Å²) in [7, 11) is 0. The van der Waals surface area contributed by atoms with E-state index >= 15 is 0 Å². The van der Waals surface area contributed by atoms with Crippen molar-refractivity contribution in [2.45, 2.75) is 24.7 Å². The van der Waals surface area contributed by atoms with Gasteiger partial charge in [-0.15, -0.1) is 0 Å². The first-order valence-electron chi connectivity index (χ1n) is 10.0. The first kappa shape index (κ1) is 18.0. The number of allylic oxidation sites excluding steroid dienone is 3. The molecule has 146 valence electrons. The SMILES string of the molecule is NC(=O)c1cc(F)c2c(c1)=NC1=CC(c3ccc([C@H]4CCCNC4)cc3)C=CC=21. The van der Waals surface area contributed by atoms with Crippen molar-refractivity contribution in [1.82, 2.24) is 5.32 Å². The van der Waals surface area contributed by atoms with E-state index in [2.05, 4.69) is 46.7 Å². The smallest absolute Gasteiger partial charge is 0.248 e. The molecule has 5 heteroatoms. The molecule has 3 N–H and O–H groups in total. The molecule has 1 amide bonds. The minimum absolute atomic E-state index is 0.0871. The molecule has 3 aliphatic rings. The van der Waals surface area contributed by atoms with E-state index in [9.17, 15) is 9.18 Å². The number of nitrogens with two attached hydrogens (primary N) is 1. The van der Waals surface area contributed by atoms with Gasteiger partial charge in [-0.3, -0.25) is 4.79 Å². The fourth-order valence-electron chi connectivity index (χ4n) is 4.46. The number of carbonyl (C=O) groups is 1. The van der Waals surface area contributed by atoms with Crippen LogP contribution in [0.15, 0.2) is 65.3 Å². The zero-order valence-electron chi connectivity index (χ0n) is 16.0. The number of halogens is 1. The number of carbonyl (C=O) groups excluding carboxylic acids is 1. The molecule has 0 saturated carbocycles. The second-order valence-electron chi connectivity index (χ2n) is 7.89. The lowest BCUT2D eigenvalue weighted by Gasteiger charge is -2.23. The van der Waals surface area contributed by atoms with Crippen molar-refractivity contribution in [2.75, 3.05) is 13.1 Å². The van der Waals surface area contributed by atoms with Gasteiger partial charge in [-0.25, -0.2) is 9.38 Å². The van der Waals surface area contributed by atoms with Gasteiger partial charge in [0.25, 0.3) is 0 Å². The number of nitrogens with one attached hydrogen (secondary N) is 1. The molecule has 29 heavy (non-hydrogen) atoms. The number of benzene rings is 2. The predicted octanol–water partition coefficient (Wildman–Crippen LogP) is 2.41. The van der Waals surface area contributed by atoms with Crippen LogP contribution in [0.1, 0.15) is 46.2 Å². The average Bonchev–Trinajstić information content (AvgIpc) is 3.12. The highest BCUT2D eigenvalue weighted by atomic mass is 19.1. The summed E-state index contributed by atoms with van der Waals surface area (Å²) in [6.07, 6.45) is 8.51. The van der Waals surface area contributed by atoms with Crippen LogP contribution < -0.4 is 21.6 Å². The second kappa shape index (κ2) is 7.08. The number of hydrogen-bond acceptors (Lipinski definition) is 3. The first-order chi connectivity index (χ1) is 14.1. The Kier molecular flexibility index (Phi) is 4.40. The van der Waals surface area contributed by atoms with Crippen molar-refractivity contribution in [3.8, 4) is 0 Å². The summed E-state index contributed by atoms with van der Waals surface area (Å²) in [5.41, 5.74) is 9.50. The van der Waals surface area contributed by atoms with Crippen molar-refractivity contribution in [3.63, 3.8) is 0 Å². The predicted molar refractivity (Wildman–Crippen MR) is 110 cm³/mol. The maximum absolute atomic E-state index is 14.6. The Hall–Kier alpha value is -3.05. The topological polar surface area (TPSA) is 67.5 Å². The molecule has 0 spiro atoms. The number of fused-ring (bicyclic) bond motifs is 2. The van der Waals surface area contributed by atoms with Crippen molar-refractivity contribution in [2.24, 2.45) is 10.7 Å². The van der Waals surface area contributed by atoms with Crippen LogP contribution in [0.3, 0.4) is 0 Å². The first-order valence-corrected chi connectivity index (χ1v) is 10.0. The van der Waals surface area contributed by atoms with Crippen molar-refractivity contribution >= 4 is 11.5 Å². The summed E-state index contributed by atoms with van der Waals surface area (Å²) in [4.78, 5) is 16.0. The summed E-state index contributed by atoms with van der Waals surface area (Å²) in [5.74, 6) is -0.451. The van der Waals surface area contributed by atoms with Crippen LogP contribution in [-0.4, -0.2) is 19.0 Å². The number of nitrogens with zero attached hydrogens (tertiary/aromatic N) is 1. The molecular weight excluding hydrogens is 365 g/mol. The highest BCUT2D eigenvalue weighted by Crippen LogP contribution is 2.32. The monoisotopic (exact) mass is 387 g/mol. The Morgan fingerprint density at radius 3 is 2.69 bits per heavy atom. The summed E-state index contributed by atoms with van der Waals surface area (Å²) < 4.78 is 14.6. The molecule has 1 aliphatic carbocycles. The number of rotatable bonds is 3. The van der Waals surface area contributed by atoms with Crippen molar-refractivity contribution in [1.29, 1.82) is 0 Å². The zero-order chi connectivity index (χ0) is 20.0. The second-order valence-corrected chi connectivity index (χ2v) is 7.89. The lowest BCUT2D eigenvalue weighted by atomic mass is 9.87. The Bertz CT molecular complexity index is 1170. The molecule has 2 aliphatic heterocycles. The molecule has 4 nitrogen and oxygen atoms in total. The number of piperidine rings is 1. The van der Waals surface area contributed by atoms with Crippen LogP contribution in [0.25, 0.3) is 5.57 Å². The van der Waals surface area contributed by atoms with E-state index in [1.54, 1.807) is 6.07 Å². The third-order valence-corrected chi connectivity index (χ3v) is 6.04. The van der Waals surface area contributed by atoms with E-state index in [0.717, 1.165) is 24.4 Å². The number of amides is 1. The van der Waals surface area contributed by atoms with Gasteiger partial charge in [0.05, 0.1) is 11.1 Å². The summed E-state index contributed by atoms with van der Waals surface area (Å²) in [5, 5.41) is 4.37. The van der Waals surface area contributed by atoms with E-state index in [1.165, 1.54) is 30.0 Å². The Morgan fingerprint density at radius 1 is 1.17 bits per heavy atom. The van der Waals surface area contributed by atoms with E-state index in [1.807, 2.05) is 6.08 Å². The fourth-order valence-corrected chi connectivity index (χ4v) is 4.46. The Labute approximate surface area is 168 Å². The lowest BCUT2D eigenvalue weighted by molar-refractivity contribution is 0.0999. The quantitative estimate of drug-likeness (QED) is 0.849. The highest BCUT2D eigenvalue weighted by molar-refractivity contribution is 5.93. The lowest BCUT2D eigenvalue weighted by Crippen LogP contribution is -2.29. The van der Waals surface area contributed by atoms with Gasteiger partial charge >= 0.3 is 0 Å². The highest BCUT2D eigenvalue weighted by Gasteiger charge is 2.22. The molecule has 1 saturated heterocycles. The van der Waals surface area contributed by atoms with Gasteiger partial charge in [0.2, 0.25) is 5.91 Å². The van der Waals surface area contributed by atoms with Crippen LogP contribution in [0.5, 0.6) is 0 Å². The maximum atomic E-state index is 14.6. The molecule has 2 aromatic carbocycles. The van der Waals surface area contributed by atoms with Gasteiger partial charge in [-0.1, -0.05) is 36.4 Å². The molecule has 2 aromatic rings. The number of hydrogen-bond donors (Lipinski definition) is 2. The maximum Gasteiger partial charge on any atom is 0.248 e. The number of primary amides is 1. The molecule has 0 aromatic heterocycles. The standard InChI is InChI=1S/C24H22FN3O/c25-20-10-18(24(26)29)12-22-23(20)19-8-7-16(11-21(19)28-22)14-3-5-15(6-4-14)17-2-1-9-27-13-17/h3-8,10-12,16-17,27H,1-2,9,13H2,(H2,26,29)/t16?,17-/m0/s1. The molecule has 0 bridgehead atoms. The summed E-state index contributed by atoms with van der Waals surface area (Å²) >= 11 is 0. The molecule has 1 unspecified atom stereocenters. The fraction of sp³-hybridized carbons (Fsp3) is 0.250. The molecular formula is C24H22FN3O. The summed E-state index contributed by atoms with van der Waals surface area (Å²) in [6, 6.07) is 11.5. The van der Waals surface area contributed by atoms with Crippen LogP contribution >= 0.6 is 0 Å². The van der Waals surface area contributed by atoms with Gasteiger partial charge in [0.15, 0.2) is 0 Å². The third-order valence-electron chi connectivity index (χ3n) is 6.04. The molecule has 1 fully saturated rings. The normalized spacial score (nSPS) is 22.5. The van der Waals surface area contributed by atoms with Gasteiger partial charge in [-0.05, 0) is 54.6 Å². The molecule has 0 radical (unpaired) electrons. The average molecular weight is 387 g/mol. The van der Waals surface area contributed by atoms with Crippen molar-refractivity contribution in [3.05, 3.63) is 93.4 Å². The van der Waals surface area contributed by atoms with E-state index in [0.29, 0.717) is 16.5 Å². The van der Waals surface area contributed by atoms with Crippen LogP contribution in [0.4, 0.5) is 4.39 Å². The van der Waals surface area contributed by atoms with E-state index in [-0.39, 0.29) is 11.5 Å². The Balaban J connectivity index is 1.46. The van der Waals surface area contributed by atoms with Gasteiger partial charge in [0.1, 0.15) is 5.82 Å². The molecule has 2 atom stereocenters. The molecule has 2 heterocycles. The van der Waals surface area contributed by atoms with Crippen LogP contribution in [0.2, 0.25) is 0 Å².